The fourth-order valence-electron chi connectivity index (χ4n) is 6.11. The van der Waals surface area contributed by atoms with Crippen molar-refractivity contribution in [3.8, 4) is 0 Å². The molecule has 2 aliphatic carbocycles. The first-order chi connectivity index (χ1) is 11.9. The molecule has 2 saturated heterocycles. The lowest BCUT2D eigenvalue weighted by Gasteiger charge is -2.58. The van der Waals surface area contributed by atoms with Crippen molar-refractivity contribution in [2.24, 2.45) is 16.7 Å². The number of furan rings is 1. The summed E-state index contributed by atoms with van der Waals surface area (Å²) in [4.78, 5) is 12.3. The van der Waals surface area contributed by atoms with Gasteiger partial charge in [-0.2, -0.15) is 0 Å². The Morgan fingerprint density at radius 3 is 2.88 bits per heavy atom. The molecule has 4 aliphatic rings. The first-order valence-corrected chi connectivity index (χ1v) is 9.15. The highest BCUT2D eigenvalue weighted by Crippen LogP contribution is 2.69. The van der Waals surface area contributed by atoms with E-state index in [1.165, 1.54) is 0 Å². The monoisotopic (exact) mass is 344 g/mol. The van der Waals surface area contributed by atoms with Crippen molar-refractivity contribution >= 4 is 5.97 Å². The smallest absolute Gasteiger partial charge is 0.334 e. The number of aliphatic hydroxyl groups is 1. The number of carbonyl (C=O) groups is 1. The molecular formula is C20H24O5. The van der Waals surface area contributed by atoms with Gasteiger partial charge in [-0.25, -0.2) is 4.79 Å². The molecule has 1 aromatic rings. The van der Waals surface area contributed by atoms with Gasteiger partial charge in [0.2, 0.25) is 0 Å². The molecule has 0 radical (unpaired) electrons. The Morgan fingerprint density at radius 2 is 2.12 bits per heavy atom. The number of rotatable bonds is 1. The topological polar surface area (TPSA) is 68.9 Å². The Kier molecular flexibility index (Phi) is 2.99. The molecule has 1 saturated carbocycles. The zero-order valence-corrected chi connectivity index (χ0v) is 14.7. The predicted molar refractivity (Wildman–Crippen MR) is 88.5 cm³/mol. The van der Waals surface area contributed by atoms with Crippen molar-refractivity contribution in [1.29, 1.82) is 0 Å². The van der Waals surface area contributed by atoms with E-state index in [-0.39, 0.29) is 34.4 Å². The second-order valence-corrected chi connectivity index (χ2v) is 8.68. The minimum atomic E-state index is -0.592. The van der Waals surface area contributed by atoms with Gasteiger partial charge in [0, 0.05) is 22.0 Å². The average Bonchev–Trinajstić information content (AvgIpc) is 3.26. The van der Waals surface area contributed by atoms with Crippen LogP contribution in [-0.2, 0) is 14.3 Å². The Labute approximate surface area is 147 Å². The van der Waals surface area contributed by atoms with Crippen LogP contribution in [0.4, 0.5) is 0 Å². The molecule has 5 rings (SSSR count). The third kappa shape index (κ3) is 1.83. The van der Waals surface area contributed by atoms with Crippen LogP contribution in [0.15, 0.2) is 34.7 Å². The van der Waals surface area contributed by atoms with Gasteiger partial charge in [0.15, 0.2) is 0 Å². The van der Waals surface area contributed by atoms with Crippen LogP contribution in [0.2, 0.25) is 0 Å². The number of cyclic esters (lactones) is 1. The minimum absolute atomic E-state index is 0.00609. The van der Waals surface area contributed by atoms with E-state index in [0.29, 0.717) is 18.6 Å². The zero-order valence-electron chi connectivity index (χ0n) is 14.7. The van der Waals surface area contributed by atoms with Crippen molar-refractivity contribution in [3.05, 3.63) is 35.8 Å². The maximum Gasteiger partial charge on any atom is 0.334 e. The maximum atomic E-state index is 12.3. The highest BCUT2D eigenvalue weighted by Gasteiger charge is 2.69. The fraction of sp³-hybridized carbons (Fsp3) is 0.650. The Bertz CT molecular complexity index is 752. The molecule has 0 aromatic carbocycles. The number of hydrogen-bond donors (Lipinski definition) is 1. The van der Waals surface area contributed by atoms with E-state index in [0.717, 1.165) is 24.8 Å². The van der Waals surface area contributed by atoms with Crippen LogP contribution < -0.4 is 0 Å². The molecule has 0 amide bonds. The average molecular weight is 344 g/mol. The molecule has 3 heterocycles. The Balaban J connectivity index is 1.59. The Hall–Kier alpha value is -1.59. The van der Waals surface area contributed by atoms with Crippen LogP contribution in [0.25, 0.3) is 0 Å². The standard InChI is InChI=1S/C20H24O5/c1-18-9-15(12-3-6-23-10-12)25-19(18,2)4-5-20-11-24-17(22)14(20)7-13(21)8-16(18)20/h3,6-7,10,13,15-16,21H,4-5,8-9,11H2,1-2H3. The summed E-state index contributed by atoms with van der Waals surface area (Å²) in [5.41, 5.74) is 1.09. The molecule has 6 unspecified atom stereocenters. The van der Waals surface area contributed by atoms with Gasteiger partial charge in [-0.1, -0.05) is 6.92 Å². The highest BCUT2D eigenvalue weighted by molar-refractivity contribution is 5.93. The summed E-state index contributed by atoms with van der Waals surface area (Å²) >= 11 is 0. The van der Waals surface area contributed by atoms with Crippen LogP contribution in [0.5, 0.6) is 0 Å². The van der Waals surface area contributed by atoms with Crippen molar-refractivity contribution < 1.29 is 23.8 Å². The van der Waals surface area contributed by atoms with E-state index >= 15 is 0 Å². The first kappa shape index (κ1) is 15.6. The van der Waals surface area contributed by atoms with Crippen LogP contribution in [0.1, 0.15) is 51.2 Å². The maximum absolute atomic E-state index is 12.3. The summed E-state index contributed by atoms with van der Waals surface area (Å²) in [6.45, 7) is 4.91. The molecular weight excluding hydrogens is 320 g/mol. The highest BCUT2D eigenvalue weighted by atomic mass is 16.5. The molecule has 1 N–H and O–H groups in total. The molecule has 0 bridgehead atoms. The molecule has 2 aliphatic heterocycles. The van der Waals surface area contributed by atoms with Gasteiger partial charge in [0.05, 0.1) is 30.3 Å². The largest absolute Gasteiger partial charge is 0.472 e. The van der Waals surface area contributed by atoms with Gasteiger partial charge in [0.25, 0.3) is 0 Å². The van der Waals surface area contributed by atoms with Crippen LogP contribution in [0, 0.1) is 16.7 Å². The zero-order chi connectivity index (χ0) is 17.4. The lowest BCUT2D eigenvalue weighted by atomic mass is 9.46. The molecule has 1 spiro atoms. The quantitative estimate of drug-likeness (QED) is 0.793. The molecule has 1 aromatic heterocycles. The van der Waals surface area contributed by atoms with Crippen molar-refractivity contribution in [2.45, 2.75) is 57.3 Å². The Morgan fingerprint density at radius 1 is 1.28 bits per heavy atom. The van der Waals surface area contributed by atoms with Gasteiger partial charge >= 0.3 is 5.97 Å². The predicted octanol–water partition coefficient (Wildman–Crippen LogP) is 3.15. The van der Waals surface area contributed by atoms with E-state index in [1.54, 1.807) is 18.6 Å². The fourth-order valence-corrected chi connectivity index (χ4v) is 6.11. The van der Waals surface area contributed by atoms with Gasteiger partial charge < -0.3 is 19.0 Å². The number of aliphatic hydroxyl groups excluding tert-OH is 1. The van der Waals surface area contributed by atoms with E-state index < -0.39 is 6.10 Å². The van der Waals surface area contributed by atoms with Crippen LogP contribution >= 0.6 is 0 Å². The van der Waals surface area contributed by atoms with E-state index in [9.17, 15) is 9.90 Å². The number of hydrogen-bond acceptors (Lipinski definition) is 5. The minimum Gasteiger partial charge on any atom is -0.472 e. The van der Waals surface area contributed by atoms with Crippen LogP contribution in [-0.4, -0.2) is 29.4 Å². The van der Waals surface area contributed by atoms with E-state index in [4.69, 9.17) is 13.9 Å². The van der Waals surface area contributed by atoms with Crippen molar-refractivity contribution in [3.63, 3.8) is 0 Å². The van der Waals surface area contributed by atoms with Crippen molar-refractivity contribution in [2.75, 3.05) is 6.61 Å². The van der Waals surface area contributed by atoms with Gasteiger partial charge in [-0.15, -0.1) is 0 Å². The molecule has 25 heavy (non-hydrogen) atoms. The normalized spacial score (nSPS) is 48.4. The van der Waals surface area contributed by atoms with Gasteiger partial charge in [-0.05, 0) is 50.7 Å². The lowest BCUT2D eigenvalue weighted by Crippen LogP contribution is -2.59. The summed E-state index contributed by atoms with van der Waals surface area (Å²) < 4.78 is 17.3. The number of fused-ring (bicyclic) bond motifs is 2. The van der Waals surface area contributed by atoms with Crippen molar-refractivity contribution in [1.82, 2.24) is 0 Å². The molecule has 6 atom stereocenters. The molecule has 5 heteroatoms. The first-order valence-electron chi connectivity index (χ1n) is 9.15. The second-order valence-electron chi connectivity index (χ2n) is 8.68. The van der Waals surface area contributed by atoms with E-state index in [1.807, 2.05) is 6.07 Å². The van der Waals surface area contributed by atoms with Gasteiger partial charge in [0.1, 0.15) is 6.61 Å². The summed E-state index contributed by atoms with van der Waals surface area (Å²) in [5, 5.41) is 10.4. The number of carbonyl (C=O) groups excluding carboxylic acids is 1. The van der Waals surface area contributed by atoms with E-state index in [2.05, 4.69) is 13.8 Å². The molecule has 3 fully saturated rings. The molecule has 134 valence electrons. The number of ether oxygens (including phenoxy) is 2. The SMILES string of the molecule is CC12CCC34COC(=O)C3=CC(O)CC4C1(C)CC(c1ccoc1)O2. The number of esters is 1. The third-order valence-electron chi connectivity index (χ3n) is 7.67. The van der Waals surface area contributed by atoms with Gasteiger partial charge in [-0.3, -0.25) is 0 Å². The lowest BCUT2D eigenvalue weighted by molar-refractivity contribution is -0.157. The summed E-state index contributed by atoms with van der Waals surface area (Å²) in [6, 6.07) is 1.97. The summed E-state index contributed by atoms with van der Waals surface area (Å²) in [6.07, 6.45) is 7.86. The molecule has 5 nitrogen and oxygen atoms in total. The summed E-state index contributed by atoms with van der Waals surface area (Å²) in [5.74, 6) is -0.0849. The third-order valence-corrected chi connectivity index (χ3v) is 7.67. The summed E-state index contributed by atoms with van der Waals surface area (Å²) in [7, 11) is 0. The second kappa shape index (κ2) is 4.77. The van der Waals surface area contributed by atoms with Crippen LogP contribution in [0.3, 0.4) is 0 Å².